The van der Waals surface area contributed by atoms with Gasteiger partial charge in [-0.3, -0.25) is 14.7 Å². The summed E-state index contributed by atoms with van der Waals surface area (Å²) in [4.78, 5) is 31.4. The minimum Gasteiger partial charge on any atom is -0.447 e. The van der Waals surface area contributed by atoms with Gasteiger partial charge in [0.15, 0.2) is 0 Å². The Morgan fingerprint density at radius 1 is 1.15 bits per heavy atom. The molecule has 1 aliphatic carbocycles. The molecule has 0 saturated heterocycles. The lowest BCUT2D eigenvalue weighted by Gasteiger charge is -2.35. The Morgan fingerprint density at radius 2 is 1.82 bits per heavy atom. The van der Waals surface area contributed by atoms with E-state index < -0.39 is 24.2 Å². The number of nitrogens with one attached hydrogen (secondary N) is 1. The highest BCUT2D eigenvalue weighted by Gasteiger charge is 2.42. The third-order valence-corrected chi connectivity index (χ3v) is 7.92. The molecule has 2 aromatic rings. The molecule has 212 valence electrons. The van der Waals surface area contributed by atoms with E-state index in [1.54, 1.807) is 6.20 Å². The number of alkyl halides is 3. The van der Waals surface area contributed by atoms with Crippen LogP contribution in [0.4, 0.5) is 18.0 Å². The van der Waals surface area contributed by atoms with Crippen molar-refractivity contribution in [1.29, 1.82) is 0 Å². The van der Waals surface area contributed by atoms with Gasteiger partial charge in [0.2, 0.25) is 0 Å². The molecule has 1 fully saturated rings. The third kappa shape index (κ3) is 7.09. The molecule has 1 aromatic carbocycles. The number of benzene rings is 1. The maximum atomic E-state index is 13.2. The average molecular weight is 547 g/mol. The second kappa shape index (κ2) is 11.9. The summed E-state index contributed by atoms with van der Waals surface area (Å²) in [5.41, 5.74) is 9.23. The molecule has 1 saturated carbocycles. The lowest BCUT2D eigenvalue weighted by molar-refractivity contribution is -0.184. The van der Waals surface area contributed by atoms with Crippen LogP contribution >= 0.6 is 0 Å². The zero-order valence-electron chi connectivity index (χ0n) is 22.6. The predicted octanol–water partition coefficient (Wildman–Crippen LogP) is 5.84. The molecule has 0 radical (unpaired) electrons. The Hall–Kier alpha value is -3.14. The van der Waals surface area contributed by atoms with Crippen molar-refractivity contribution in [3.05, 3.63) is 64.5 Å². The number of rotatable bonds is 8. The molecule has 39 heavy (non-hydrogen) atoms. The molecular weight excluding hydrogens is 509 g/mol. The summed E-state index contributed by atoms with van der Waals surface area (Å²) in [6.07, 6.45) is -1.97. The third-order valence-electron chi connectivity index (χ3n) is 7.92. The van der Waals surface area contributed by atoms with Crippen LogP contribution in [0, 0.1) is 24.7 Å². The van der Waals surface area contributed by atoms with Crippen molar-refractivity contribution in [2.45, 2.75) is 71.3 Å². The second-order valence-corrected chi connectivity index (χ2v) is 11.2. The van der Waals surface area contributed by atoms with Gasteiger partial charge in [0.05, 0.1) is 29.3 Å². The molecule has 10 heteroatoms. The lowest BCUT2D eigenvalue weighted by Crippen LogP contribution is -2.35. The minimum absolute atomic E-state index is 0.0433. The summed E-state index contributed by atoms with van der Waals surface area (Å²) < 4.78 is 44.3. The molecule has 2 atom stereocenters. The fraction of sp³-hybridized carbons (Fsp3) is 0.552. The number of aryl methyl sites for hydroxylation is 1. The van der Waals surface area contributed by atoms with E-state index in [1.165, 1.54) is 0 Å². The molecule has 1 aromatic heterocycles. The van der Waals surface area contributed by atoms with E-state index in [2.05, 4.69) is 29.0 Å². The number of nitrogens with zero attached hydrogens (tertiary/aromatic N) is 2. The lowest BCUT2D eigenvalue weighted by atomic mass is 9.81. The van der Waals surface area contributed by atoms with Crippen molar-refractivity contribution in [3.63, 3.8) is 0 Å². The van der Waals surface area contributed by atoms with Crippen molar-refractivity contribution >= 4 is 12.0 Å². The van der Waals surface area contributed by atoms with Crippen LogP contribution < -0.4 is 11.1 Å². The van der Waals surface area contributed by atoms with Gasteiger partial charge in [0, 0.05) is 19.3 Å². The highest BCUT2D eigenvalue weighted by Crippen LogP contribution is 2.43. The molecule has 2 aliphatic rings. The topological polar surface area (TPSA) is 97.5 Å². The van der Waals surface area contributed by atoms with E-state index in [-0.39, 0.29) is 43.2 Å². The molecule has 1 aliphatic heterocycles. The Morgan fingerprint density at radius 3 is 2.41 bits per heavy atom. The second-order valence-electron chi connectivity index (χ2n) is 11.2. The summed E-state index contributed by atoms with van der Waals surface area (Å²) in [7, 11) is 0. The van der Waals surface area contributed by atoms with Crippen LogP contribution in [-0.4, -0.2) is 41.2 Å². The molecular formula is C29H37F3N4O3. The molecule has 4 rings (SSSR count). The molecule has 2 heterocycles. The maximum absolute atomic E-state index is 13.2. The van der Waals surface area contributed by atoms with Gasteiger partial charge in [-0.2, -0.15) is 13.2 Å². The number of nitrogens with two attached hydrogens (primary N) is 1. The number of hydrogen-bond acceptors (Lipinski definition) is 5. The standard InChI is InChI=1S/C29H37F3N4O3/c1-17(2)26-25-22(15-36(26)14-19-6-10-23(11-7-19)29(30,31)32)12-21(13-34-25)27(37)35-24(16-39-28(33)38)20-8-4-18(3)5-9-20/h4-5,8-9,12-13,17,19,23-24,26H,6-7,10-11,14-16H2,1-3H3,(H2,33,38)(H,35,37)/t19-,23+,24-,26-/m0/s1. The summed E-state index contributed by atoms with van der Waals surface area (Å²) in [5, 5.41) is 2.93. The molecule has 0 spiro atoms. The molecule has 0 bridgehead atoms. The maximum Gasteiger partial charge on any atom is 0.404 e. The number of aromatic nitrogens is 1. The number of fused-ring (bicyclic) bond motifs is 1. The van der Waals surface area contributed by atoms with Crippen molar-refractivity contribution in [3.8, 4) is 0 Å². The number of carbonyl (C=O) groups is 2. The van der Waals surface area contributed by atoms with Gasteiger partial charge >= 0.3 is 12.3 Å². The van der Waals surface area contributed by atoms with E-state index in [0.717, 1.165) is 22.4 Å². The van der Waals surface area contributed by atoms with Crippen molar-refractivity contribution in [1.82, 2.24) is 15.2 Å². The zero-order chi connectivity index (χ0) is 28.3. The Bertz CT molecular complexity index is 1160. The minimum atomic E-state index is -4.11. The number of primary amides is 1. The number of amides is 2. The smallest absolute Gasteiger partial charge is 0.404 e. The van der Waals surface area contributed by atoms with Crippen LogP contribution in [-0.2, 0) is 11.3 Å². The van der Waals surface area contributed by atoms with Gasteiger partial charge in [-0.05, 0) is 61.6 Å². The SMILES string of the molecule is Cc1ccc([C@H](COC(N)=O)NC(=O)c2cnc3c(c2)CN(C[C@H]2CC[C@@H](C(F)(F)F)CC2)[C@H]3C(C)C)cc1. The molecule has 7 nitrogen and oxygen atoms in total. The first kappa shape index (κ1) is 28.9. The number of ether oxygens (including phenoxy) is 1. The van der Waals surface area contributed by atoms with Crippen LogP contribution in [0.1, 0.15) is 84.4 Å². The van der Waals surface area contributed by atoms with Gasteiger partial charge in [0.25, 0.3) is 5.91 Å². The zero-order valence-corrected chi connectivity index (χ0v) is 22.6. The average Bonchev–Trinajstić information content (AvgIpc) is 3.24. The van der Waals surface area contributed by atoms with Gasteiger partial charge in [-0.15, -0.1) is 0 Å². The fourth-order valence-corrected chi connectivity index (χ4v) is 5.87. The molecule has 2 amide bonds. The monoisotopic (exact) mass is 546 g/mol. The van der Waals surface area contributed by atoms with E-state index in [1.807, 2.05) is 37.3 Å². The first-order valence-corrected chi connectivity index (χ1v) is 13.5. The predicted molar refractivity (Wildman–Crippen MR) is 141 cm³/mol. The Balaban J connectivity index is 1.46. The Labute approximate surface area is 227 Å². The van der Waals surface area contributed by atoms with Gasteiger partial charge in [-0.25, -0.2) is 4.79 Å². The summed E-state index contributed by atoms with van der Waals surface area (Å²) >= 11 is 0. The van der Waals surface area contributed by atoms with E-state index >= 15 is 0 Å². The van der Waals surface area contributed by atoms with E-state index in [0.29, 0.717) is 31.5 Å². The van der Waals surface area contributed by atoms with Crippen molar-refractivity contribution in [2.75, 3.05) is 13.2 Å². The largest absolute Gasteiger partial charge is 0.447 e. The summed E-state index contributed by atoms with van der Waals surface area (Å²) in [6.45, 7) is 7.38. The van der Waals surface area contributed by atoms with E-state index in [4.69, 9.17) is 10.5 Å². The van der Waals surface area contributed by atoms with Crippen LogP contribution in [0.3, 0.4) is 0 Å². The van der Waals surface area contributed by atoms with Crippen LogP contribution in [0.5, 0.6) is 0 Å². The fourth-order valence-electron chi connectivity index (χ4n) is 5.87. The van der Waals surface area contributed by atoms with Crippen molar-refractivity contribution < 1.29 is 27.5 Å². The van der Waals surface area contributed by atoms with Crippen LogP contribution in [0.25, 0.3) is 0 Å². The first-order valence-electron chi connectivity index (χ1n) is 13.5. The van der Waals surface area contributed by atoms with Gasteiger partial charge < -0.3 is 15.8 Å². The van der Waals surface area contributed by atoms with Crippen LogP contribution in [0.15, 0.2) is 36.5 Å². The highest BCUT2D eigenvalue weighted by atomic mass is 19.4. The number of pyridine rings is 1. The number of carbonyl (C=O) groups excluding carboxylic acids is 2. The summed E-state index contributed by atoms with van der Waals surface area (Å²) in [5.74, 6) is -1.08. The van der Waals surface area contributed by atoms with E-state index in [9.17, 15) is 22.8 Å². The normalized spacial score (nSPS) is 22.4. The highest BCUT2D eigenvalue weighted by molar-refractivity contribution is 5.94. The van der Waals surface area contributed by atoms with Crippen LogP contribution in [0.2, 0.25) is 0 Å². The van der Waals surface area contributed by atoms with Crippen molar-refractivity contribution in [2.24, 2.45) is 23.5 Å². The number of halogens is 3. The quantitative estimate of drug-likeness (QED) is 0.434. The molecule has 3 N–H and O–H groups in total. The molecule has 0 unspecified atom stereocenters. The summed E-state index contributed by atoms with van der Waals surface area (Å²) in [6, 6.07) is 8.83. The van der Waals surface area contributed by atoms with Gasteiger partial charge in [-0.1, -0.05) is 43.7 Å². The van der Waals surface area contributed by atoms with Gasteiger partial charge in [0.1, 0.15) is 6.61 Å². The Kier molecular flexibility index (Phi) is 8.83. The first-order chi connectivity index (χ1) is 18.4. The number of hydrogen-bond donors (Lipinski definition) is 2.